The van der Waals surface area contributed by atoms with E-state index in [0.29, 0.717) is 6.42 Å². The van der Waals surface area contributed by atoms with Crippen molar-refractivity contribution in [1.82, 2.24) is 10.0 Å². The SMILES string of the molecule is CC(C)(C)NS(=O)(=O)c1cc(C(=O)NCCc2ccc(S(N)(=O)=O)cc2)ccc1Cl. The molecule has 0 aromatic heterocycles. The Morgan fingerprint density at radius 1 is 1.03 bits per heavy atom. The molecular weight excluding hydrogens is 450 g/mol. The van der Waals surface area contributed by atoms with E-state index in [0.717, 1.165) is 5.56 Å². The zero-order valence-electron chi connectivity index (χ0n) is 16.8. The Kier molecular flexibility index (Phi) is 7.31. The Labute approximate surface area is 181 Å². The fourth-order valence-corrected chi connectivity index (χ4v) is 5.04. The molecule has 2 rings (SSSR count). The van der Waals surface area contributed by atoms with Crippen molar-refractivity contribution in [3.05, 3.63) is 58.6 Å². The summed E-state index contributed by atoms with van der Waals surface area (Å²) in [4.78, 5) is 12.3. The predicted molar refractivity (Wildman–Crippen MR) is 115 cm³/mol. The van der Waals surface area contributed by atoms with Gasteiger partial charge in [-0.2, -0.15) is 0 Å². The lowest BCUT2D eigenvalue weighted by molar-refractivity contribution is 0.0954. The second-order valence-electron chi connectivity index (χ2n) is 7.70. The molecule has 8 nitrogen and oxygen atoms in total. The van der Waals surface area contributed by atoms with Gasteiger partial charge in [0.05, 0.1) is 9.92 Å². The molecule has 0 spiro atoms. The second kappa shape index (κ2) is 9.03. The number of carbonyl (C=O) groups excluding carboxylic acids is 1. The minimum atomic E-state index is -3.91. The highest BCUT2D eigenvalue weighted by Gasteiger charge is 2.25. The minimum Gasteiger partial charge on any atom is -0.352 e. The highest BCUT2D eigenvalue weighted by atomic mass is 35.5. The topological polar surface area (TPSA) is 135 Å². The van der Waals surface area contributed by atoms with Gasteiger partial charge in [0.2, 0.25) is 20.0 Å². The predicted octanol–water partition coefficient (Wildman–Crippen LogP) is 2.04. The zero-order chi connectivity index (χ0) is 22.7. The summed E-state index contributed by atoms with van der Waals surface area (Å²) in [5.74, 6) is -0.458. The number of nitrogens with one attached hydrogen (secondary N) is 2. The first kappa shape index (κ1) is 24.3. The molecule has 0 unspecified atom stereocenters. The number of carbonyl (C=O) groups is 1. The van der Waals surface area contributed by atoms with Gasteiger partial charge in [-0.25, -0.2) is 26.7 Å². The Morgan fingerprint density at radius 3 is 2.17 bits per heavy atom. The molecule has 0 saturated carbocycles. The number of halogens is 1. The van der Waals surface area contributed by atoms with Gasteiger partial charge in [-0.15, -0.1) is 0 Å². The number of benzene rings is 2. The Bertz CT molecular complexity index is 1140. The van der Waals surface area contributed by atoms with Crippen LogP contribution in [0, 0.1) is 0 Å². The van der Waals surface area contributed by atoms with E-state index < -0.39 is 31.5 Å². The molecule has 2 aromatic carbocycles. The number of rotatable bonds is 7. The molecule has 0 saturated heterocycles. The van der Waals surface area contributed by atoms with Crippen molar-refractivity contribution in [2.45, 2.75) is 42.5 Å². The monoisotopic (exact) mass is 473 g/mol. The van der Waals surface area contributed by atoms with Crippen molar-refractivity contribution in [3.8, 4) is 0 Å². The van der Waals surface area contributed by atoms with E-state index in [1.54, 1.807) is 32.9 Å². The van der Waals surface area contributed by atoms with Crippen LogP contribution in [0.5, 0.6) is 0 Å². The molecule has 2 aromatic rings. The Balaban J connectivity index is 2.07. The molecule has 30 heavy (non-hydrogen) atoms. The van der Waals surface area contributed by atoms with Crippen molar-refractivity contribution in [1.29, 1.82) is 0 Å². The van der Waals surface area contributed by atoms with Crippen LogP contribution in [-0.4, -0.2) is 34.8 Å². The molecule has 0 fully saturated rings. The summed E-state index contributed by atoms with van der Waals surface area (Å²) in [6.45, 7) is 5.36. The van der Waals surface area contributed by atoms with E-state index >= 15 is 0 Å². The summed E-state index contributed by atoms with van der Waals surface area (Å²) >= 11 is 6.04. The Hall–Kier alpha value is -1.98. The number of hydrogen-bond acceptors (Lipinski definition) is 5. The van der Waals surface area contributed by atoms with Gasteiger partial charge in [-0.3, -0.25) is 4.79 Å². The molecule has 0 aliphatic heterocycles. The zero-order valence-corrected chi connectivity index (χ0v) is 19.2. The molecule has 0 radical (unpaired) electrons. The normalized spacial score (nSPS) is 12.6. The summed E-state index contributed by atoms with van der Waals surface area (Å²) in [6, 6.07) is 10.0. The van der Waals surface area contributed by atoms with Gasteiger partial charge in [-0.05, 0) is 63.1 Å². The first-order chi connectivity index (χ1) is 13.7. The maximum atomic E-state index is 12.6. The number of sulfonamides is 2. The molecule has 0 aliphatic carbocycles. The fourth-order valence-electron chi connectivity index (χ4n) is 2.58. The molecule has 0 heterocycles. The third-order valence-corrected chi connectivity index (χ3v) is 7.04. The summed E-state index contributed by atoms with van der Waals surface area (Å²) in [5.41, 5.74) is 0.244. The van der Waals surface area contributed by atoms with E-state index in [1.807, 2.05) is 0 Å². The second-order valence-corrected chi connectivity index (χ2v) is 11.3. The molecule has 4 N–H and O–H groups in total. The van der Waals surface area contributed by atoms with Crippen LogP contribution in [0.2, 0.25) is 5.02 Å². The van der Waals surface area contributed by atoms with Crippen molar-refractivity contribution in [2.24, 2.45) is 5.14 Å². The van der Waals surface area contributed by atoms with Crippen molar-refractivity contribution < 1.29 is 21.6 Å². The third-order valence-electron chi connectivity index (χ3n) is 3.87. The summed E-state index contributed by atoms with van der Waals surface area (Å²) < 4.78 is 50.2. The fraction of sp³-hybridized carbons (Fsp3) is 0.316. The summed E-state index contributed by atoms with van der Waals surface area (Å²) in [5, 5.41) is 7.77. The van der Waals surface area contributed by atoms with Crippen LogP contribution in [0.3, 0.4) is 0 Å². The smallest absolute Gasteiger partial charge is 0.251 e. The lowest BCUT2D eigenvalue weighted by Crippen LogP contribution is -2.40. The van der Waals surface area contributed by atoms with Crippen LogP contribution in [0.1, 0.15) is 36.7 Å². The van der Waals surface area contributed by atoms with Gasteiger partial charge < -0.3 is 5.32 Å². The van der Waals surface area contributed by atoms with Crippen LogP contribution >= 0.6 is 11.6 Å². The number of amides is 1. The summed E-state index contributed by atoms with van der Waals surface area (Å²) in [7, 11) is -7.66. The van der Waals surface area contributed by atoms with Crippen molar-refractivity contribution in [3.63, 3.8) is 0 Å². The number of primary sulfonamides is 1. The average molecular weight is 474 g/mol. The van der Waals surface area contributed by atoms with Gasteiger partial charge in [0, 0.05) is 17.6 Å². The quantitative estimate of drug-likeness (QED) is 0.565. The Morgan fingerprint density at radius 2 is 1.63 bits per heavy atom. The highest BCUT2D eigenvalue weighted by Crippen LogP contribution is 2.24. The van der Waals surface area contributed by atoms with Crippen molar-refractivity contribution in [2.75, 3.05) is 6.54 Å². The minimum absolute atomic E-state index is 0.00838. The van der Waals surface area contributed by atoms with E-state index in [9.17, 15) is 21.6 Å². The third kappa shape index (κ3) is 6.78. The van der Waals surface area contributed by atoms with Gasteiger partial charge in [0.15, 0.2) is 0 Å². The van der Waals surface area contributed by atoms with Crippen molar-refractivity contribution >= 4 is 37.6 Å². The van der Waals surface area contributed by atoms with E-state index in [4.69, 9.17) is 16.7 Å². The molecule has 0 aliphatic rings. The van der Waals surface area contributed by atoms with Crippen LogP contribution < -0.4 is 15.2 Å². The largest absolute Gasteiger partial charge is 0.352 e. The number of hydrogen-bond donors (Lipinski definition) is 3. The van der Waals surface area contributed by atoms with Crippen LogP contribution in [0.4, 0.5) is 0 Å². The molecular formula is C19H24ClN3O5S2. The first-order valence-electron chi connectivity index (χ1n) is 8.92. The maximum Gasteiger partial charge on any atom is 0.251 e. The van der Waals surface area contributed by atoms with Crippen LogP contribution in [-0.2, 0) is 26.5 Å². The van der Waals surface area contributed by atoms with Gasteiger partial charge in [0.25, 0.3) is 5.91 Å². The standard InChI is InChI=1S/C19H24ClN3O5S2/c1-19(2,3)23-30(27,28)17-12-14(6-9-16(17)20)18(24)22-11-10-13-4-7-15(8-5-13)29(21,25)26/h4-9,12,23H,10-11H2,1-3H3,(H,22,24)(H2,21,25,26). The first-order valence-corrected chi connectivity index (χ1v) is 12.3. The molecule has 164 valence electrons. The summed E-state index contributed by atoms with van der Waals surface area (Å²) in [6.07, 6.45) is 0.445. The lowest BCUT2D eigenvalue weighted by atomic mass is 10.1. The van der Waals surface area contributed by atoms with Crippen LogP contribution in [0.25, 0.3) is 0 Å². The average Bonchev–Trinajstić information content (AvgIpc) is 2.59. The van der Waals surface area contributed by atoms with Gasteiger partial charge >= 0.3 is 0 Å². The van der Waals surface area contributed by atoms with Gasteiger partial charge in [-0.1, -0.05) is 23.7 Å². The molecule has 0 atom stereocenters. The van der Waals surface area contributed by atoms with E-state index in [-0.39, 0.29) is 26.9 Å². The van der Waals surface area contributed by atoms with Gasteiger partial charge in [0.1, 0.15) is 4.90 Å². The maximum absolute atomic E-state index is 12.6. The van der Waals surface area contributed by atoms with E-state index in [1.165, 1.54) is 30.3 Å². The molecule has 1 amide bonds. The highest BCUT2D eigenvalue weighted by molar-refractivity contribution is 7.89. The van der Waals surface area contributed by atoms with Crippen LogP contribution in [0.15, 0.2) is 52.3 Å². The molecule has 11 heteroatoms. The lowest BCUT2D eigenvalue weighted by Gasteiger charge is -2.21. The molecule has 0 bridgehead atoms. The van der Waals surface area contributed by atoms with E-state index in [2.05, 4.69) is 10.0 Å². The number of nitrogens with two attached hydrogens (primary N) is 1.